The molecule has 0 amide bonds. The van der Waals surface area contributed by atoms with E-state index in [1.54, 1.807) is 0 Å². The zero-order valence-corrected chi connectivity index (χ0v) is 7.95. The fourth-order valence-corrected chi connectivity index (χ4v) is 1.07. The minimum atomic E-state index is -2.52. The lowest BCUT2D eigenvalue weighted by Crippen LogP contribution is -2.03. The summed E-state index contributed by atoms with van der Waals surface area (Å²) in [6, 6.07) is 0. The first-order chi connectivity index (χ1) is 6.11. The average molecular weight is 209 g/mol. The lowest BCUT2D eigenvalue weighted by molar-refractivity contribution is -0.141. The SMILES string of the molecule is COC(=O)CCC(=O)[P+](=O)OCO. The Kier molecular flexibility index (Phi) is 6.22. The predicted molar refractivity (Wildman–Crippen MR) is 42.0 cm³/mol. The Bertz CT molecular complexity index is 213. The van der Waals surface area contributed by atoms with E-state index in [0.29, 0.717) is 0 Å². The number of carbonyl (C=O) groups excluding carboxylic acids is 2. The summed E-state index contributed by atoms with van der Waals surface area (Å²) in [5.41, 5.74) is -0.713. The van der Waals surface area contributed by atoms with E-state index in [4.69, 9.17) is 5.11 Å². The molecule has 0 aliphatic rings. The van der Waals surface area contributed by atoms with E-state index >= 15 is 0 Å². The second-order valence-corrected chi connectivity index (χ2v) is 3.26. The maximum atomic E-state index is 10.8. The first-order valence-electron chi connectivity index (χ1n) is 3.42. The van der Waals surface area contributed by atoms with Gasteiger partial charge in [-0.3, -0.25) is 4.79 Å². The number of aliphatic hydroxyl groups excluding tert-OH is 1. The molecule has 1 N–H and O–H groups in total. The number of hydrogen-bond acceptors (Lipinski definition) is 6. The Balaban J connectivity index is 3.74. The van der Waals surface area contributed by atoms with Crippen molar-refractivity contribution >= 4 is 19.5 Å². The van der Waals surface area contributed by atoms with Crippen LogP contribution < -0.4 is 0 Å². The molecule has 0 aromatic rings. The molecule has 0 bridgehead atoms. The highest BCUT2D eigenvalue weighted by molar-refractivity contribution is 7.59. The van der Waals surface area contributed by atoms with Crippen molar-refractivity contribution in [2.75, 3.05) is 13.9 Å². The van der Waals surface area contributed by atoms with Crippen molar-refractivity contribution in [3.8, 4) is 0 Å². The van der Waals surface area contributed by atoms with Gasteiger partial charge in [0.05, 0.1) is 20.0 Å². The molecule has 0 aliphatic carbocycles. The number of hydrogen-bond donors (Lipinski definition) is 1. The van der Waals surface area contributed by atoms with E-state index < -0.39 is 26.3 Å². The van der Waals surface area contributed by atoms with Crippen molar-refractivity contribution < 1.29 is 28.5 Å². The minimum Gasteiger partial charge on any atom is -0.469 e. The summed E-state index contributed by atoms with van der Waals surface area (Å²) in [6.07, 6.45) is -0.340. The molecule has 0 fully saturated rings. The molecular formula is C6H10O6P+. The zero-order valence-electron chi connectivity index (χ0n) is 7.06. The molecule has 1 unspecified atom stereocenters. The van der Waals surface area contributed by atoms with Crippen LogP contribution in [0.3, 0.4) is 0 Å². The summed E-state index contributed by atoms with van der Waals surface area (Å²) in [4.78, 5) is 21.4. The molecule has 13 heavy (non-hydrogen) atoms. The molecule has 0 aromatic heterocycles. The third-order valence-corrected chi connectivity index (χ3v) is 2.13. The number of esters is 1. The number of aliphatic hydroxyl groups is 1. The van der Waals surface area contributed by atoms with Crippen molar-refractivity contribution in [1.29, 1.82) is 0 Å². The Morgan fingerprint density at radius 1 is 1.38 bits per heavy atom. The Morgan fingerprint density at radius 2 is 2.00 bits per heavy atom. The molecule has 0 saturated carbocycles. The van der Waals surface area contributed by atoms with E-state index in [2.05, 4.69) is 9.26 Å². The molecule has 1 atom stereocenters. The summed E-state index contributed by atoms with van der Waals surface area (Å²) in [5.74, 6) is -0.555. The van der Waals surface area contributed by atoms with Crippen LogP contribution in [0.15, 0.2) is 0 Å². The van der Waals surface area contributed by atoms with Crippen LogP contribution >= 0.6 is 8.03 Å². The quantitative estimate of drug-likeness (QED) is 0.381. The third kappa shape index (κ3) is 5.41. The summed E-state index contributed by atoms with van der Waals surface area (Å²) < 4.78 is 19.1. The van der Waals surface area contributed by atoms with Gasteiger partial charge in [0, 0.05) is 0 Å². The molecule has 0 heterocycles. The topological polar surface area (TPSA) is 89.9 Å². The number of carbonyl (C=O) groups is 2. The monoisotopic (exact) mass is 209 g/mol. The van der Waals surface area contributed by atoms with Gasteiger partial charge in [-0.1, -0.05) is 0 Å². The van der Waals surface area contributed by atoms with Crippen LogP contribution in [0.2, 0.25) is 0 Å². The average Bonchev–Trinajstić information content (AvgIpc) is 2.13. The maximum absolute atomic E-state index is 10.8. The van der Waals surface area contributed by atoms with Crippen LogP contribution in [0.1, 0.15) is 12.8 Å². The smallest absolute Gasteiger partial charge is 0.469 e. The van der Waals surface area contributed by atoms with Gasteiger partial charge in [0.25, 0.3) is 0 Å². The predicted octanol–water partition coefficient (Wildman–Crippen LogP) is 0.175. The normalized spacial score (nSPS) is 10.8. The molecule has 6 nitrogen and oxygen atoms in total. The third-order valence-electron chi connectivity index (χ3n) is 1.15. The highest BCUT2D eigenvalue weighted by atomic mass is 31.1. The highest BCUT2D eigenvalue weighted by Crippen LogP contribution is 2.24. The minimum absolute atomic E-state index is 0.134. The van der Waals surface area contributed by atoms with Crippen molar-refractivity contribution in [2.24, 2.45) is 0 Å². The van der Waals surface area contributed by atoms with Crippen molar-refractivity contribution in [3.05, 3.63) is 0 Å². The Morgan fingerprint density at radius 3 is 2.46 bits per heavy atom. The van der Waals surface area contributed by atoms with Gasteiger partial charge in [-0.15, -0.1) is 4.52 Å². The fourth-order valence-electron chi connectivity index (χ4n) is 0.527. The van der Waals surface area contributed by atoms with Gasteiger partial charge in [-0.2, -0.15) is 0 Å². The van der Waals surface area contributed by atoms with Crippen molar-refractivity contribution in [1.82, 2.24) is 0 Å². The van der Waals surface area contributed by atoms with E-state index in [1.807, 2.05) is 0 Å². The van der Waals surface area contributed by atoms with E-state index in [1.165, 1.54) is 7.11 Å². The Labute approximate surface area is 75.7 Å². The number of rotatable bonds is 6. The van der Waals surface area contributed by atoms with Gasteiger partial charge < -0.3 is 9.84 Å². The van der Waals surface area contributed by atoms with E-state index in [-0.39, 0.29) is 12.8 Å². The van der Waals surface area contributed by atoms with Crippen LogP contribution in [0, 0.1) is 0 Å². The largest absolute Gasteiger partial charge is 0.589 e. The molecule has 0 radical (unpaired) electrons. The summed E-state index contributed by atoms with van der Waals surface area (Å²) in [6.45, 7) is -0.779. The second-order valence-electron chi connectivity index (χ2n) is 1.99. The lowest BCUT2D eigenvalue weighted by atomic mass is 10.3. The number of ether oxygens (including phenoxy) is 1. The Hall–Kier alpha value is -0.840. The second kappa shape index (κ2) is 6.65. The molecule has 0 aliphatic heterocycles. The van der Waals surface area contributed by atoms with Crippen LogP contribution in [0.25, 0.3) is 0 Å². The molecule has 0 rings (SSSR count). The molecule has 0 saturated heterocycles. The molecule has 74 valence electrons. The molecule has 7 heteroatoms. The molecule has 0 aromatic carbocycles. The molecular weight excluding hydrogens is 199 g/mol. The van der Waals surface area contributed by atoms with Crippen LogP contribution in [-0.4, -0.2) is 30.5 Å². The first kappa shape index (κ1) is 12.2. The standard InChI is InChI=1S/C6H10O6P/c1-11-5(8)2-3-6(9)13(10)12-4-7/h7H,2-4H2,1H3/q+1. The maximum Gasteiger partial charge on any atom is 0.589 e. The summed E-state index contributed by atoms with van der Waals surface area (Å²) in [7, 11) is -1.33. The highest BCUT2D eigenvalue weighted by Gasteiger charge is 2.30. The van der Waals surface area contributed by atoms with Crippen molar-refractivity contribution in [2.45, 2.75) is 12.8 Å². The van der Waals surface area contributed by atoms with Gasteiger partial charge in [-0.25, -0.2) is 4.79 Å². The lowest BCUT2D eigenvalue weighted by Gasteiger charge is -1.92. The van der Waals surface area contributed by atoms with Gasteiger partial charge in [0.2, 0.25) is 0 Å². The van der Waals surface area contributed by atoms with Gasteiger partial charge in [0.1, 0.15) is 0 Å². The first-order valence-corrected chi connectivity index (χ1v) is 4.60. The van der Waals surface area contributed by atoms with Crippen LogP contribution in [0.5, 0.6) is 0 Å². The van der Waals surface area contributed by atoms with Crippen molar-refractivity contribution in [3.63, 3.8) is 0 Å². The molecule has 0 spiro atoms. The van der Waals surface area contributed by atoms with E-state index in [0.717, 1.165) is 0 Å². The fraction of sp³-hybridized carbons (Fsp3) is 0.667. The summed E-state index contributed by atoms with van der Waals surface area (Å²) in [5, 5.41) is 8.16. The summed E-state index contributed by atoms with van der Waals surface area (Å²) >= 11 is 0. The zero-order chi connectivity index (χ0) is 10.3. The van der Waals surface area contributed by atoms with Crippen LogP contribution in [0.4, 0.5) is 0 Å². The van der Waals surface area contributed by atoms with Gasteiger partial charge >= 0.3 is 19.5 Å². The van der Waals surface area contributed by atoms with E-state index in [9.17, 15) is 14.2 Å². The van der Waals surface area contributed by atoms with Gasteiger partial charge in [0.15, 0.2) is 6.79 Å². The van der Waals surface area contributed by atoms with Gasteiger partial charge in [-0.05, 0) is 4.57 Å². The number of methoxy groups -OCH3 is 1. The van der Waals surface area contributed by atoms with Crippen LogP contribution in [-0.2, 0) is 23.4 Å².